The molecule has 7 heteroatoms. The van der Waals surface area contributed by atoms with E-state index in [0.29, 0.717) is 6.04 Å². The number of hydrogen-bond donors (Lipinski definition) is 2. The lowest BCUT2D eigenvalue weighted by Gasteiger charge is -2.22. The van der Waals surface area contributed by atoms with Gasteiger partial charge in [-0.25, -0.2) is 9.67 Å². The molecule has 2 N–H and O–H groups in total. The van der Waals surface area contributed by atoms with Gasteiger partial charge in [-0.1, -0.05) is 0 Å². The molecule has 0 radical (unpaired) electrons. The molecule has 3 rings (SSSR count). The Morgan fingerprint density at radius 1 is 1.52 bits per heavy atom. The van der Waals surface area contributed by atoms with Crippen molar-refractivity contribution >= 4 is 5.91 Å². The van der Waals surface area contributed by atoms with Crippen LogP contribution in [0.2, 0.25) is 0 Å². The summed E-state index contributed by atoms with van der Waals surface area (Å²) in [5.41, 5.74) is 0. The zero-order chi connectivity index (χ0) is 14.7. The van der Waals surface area contributed by atoms with E-state index in [0.717, 1.165) is 45.4 Å². The van der Waals surface area contributed by atoms with Gasteiger partial charge in [0.1, 0.15) is 6.33 Å². The number of nitrogens with one attached hydrogen (secondary N) is 2. The molecule has 116 valence electrons. The Hall–Kier alpha value is -1.47. The molecule has 2 aliphatic rings. The Bertz CT molecular complexity index is 477. The molecule has 1 aromatic heterocycles. The van der Waals surface area contributed by atoms with Gasteiger partial charge in [-0.3, -0.25) is 4.79 Å². The third-order valence-corrected chi connectivity index (χ3v) is 4.24. The fourth-order valence-electron chi connectivity index (χ4n) is 2.98. The first kappa shape index (κ1) is 14.5. The fourth-order valence-corrected chi connectivity index (χ4v) is 2.98. The van der Waals surface area contributed by atoms with Crippen LogP contribution in [0, 0.1) is 0 Å². The van der Waals surface area contributed by atoms with Crippen LogP contribution in [0.1, 0.15) is 49.3 Å². The molecule has 1 amide bonds. The van der Waals surface area contributed by atoms with Gasteiger partial charge in [-0.05, 0) is 39.2 Å². The molecule has 0 spiro atoms. The van der Waals surface area contributed by atoms with Gasteiger partial charge in [0.2, 0.25) is 5.82 Å². The Labute approximate surface area is 124 Å². The van der Waals surface area contributed by atoms with E-state index in [9.17, 15) is 4.79 Å². The molecule has 7 nitrogen and oxygen atoms in total. The van der Waals surface area contributed by atoms with Crippen molar-refractivity contribution in [1.82, 2.24) is 25.4 Å². The van der Waals surface area contributed by atoms with Gasteiger partial charge in [-0.2, -0.15) is 0 Å². The minimum atomic E-state index is -0.222. The Kier molecular flexibility index (Phi) is 4.50. The first-order chi connectivity index (χ1) is 10.2. The first-order valence-electron chi connectivity index (χ1n) is 7.78. The van der Waals surface area contributed by atoms with Gasteiger partial charge < -0.3 is 15.4 Å². The number of amides is 1. The summed E-state index contributed by atoms with van der Waals surface area (Å²) in [6.45, 7) is 4.69. The van der Waals surface area contributed by atoms with Crippen LogP contribution in [0.25, 0.3) is 0 Å². The molecule has 0 aliphatic carbocycles. The molecule has 21 heavy (non-hydrogen) atoms. The third-order valence-electron chi connectivity index (χ3n) is 4.24. The zero-order valence-electron chi connectivity index (χ0n) is 12.4. The van der Waals surface area contributed by atoms with E-state index < -0.39 is 0 Å². The zero-order valence-corrected chi connectivity index (χ0v) is 12.4. The van der Waals surface area contributed by atoms with Crippen LogP contribution in [0.4, 0.5) is 0 Å². The number of aromatic nitrogens is 3. The largest absolute Gasteiger partial charge is 0.376 e. The summed E-state index contributed by atoms with van der Waals surface area (Å²) in [5.74, 6) is 0.0194. The summed E-state index contributed by atoms with van der Waals surface area (Å²) in [6, 6.07) is 0.284. The lowest BCUT2D eigenvalue weighted by atomic mass is 10.1. The highest BCUT2D eigenvalue weighted by Crippen LogP contribution is 2.16. The van der Waals surface area contributed by atoms with Crippen LogP contribution < -0.4 is 10.6 Å². The predicted octanol–water partition coefficient (Wildman–Crippen LogP) is 0.500. The molecule has 1 aromatic rings. The smallest absolute Gasteiger partial charge is 0.291 e. The molecular formula is C14H23N5O2. The Morgan fingerprint density at radius 3 is 3.14 bits per heavy atom. The van der Waals surface area contributed by atoms with Crippen LogP contribution in [-0.2, 0) is 4.74 Å². The molecule has 3 heterocycles. The van der Waals surface area contributed by atoms with Crippen molar-refractivity contribution in [3.8, 4) is 0 Å². The third kappa shape index (κ3) is 3.41. The SMILES string of the molecule is C[C@H](NC(=O)c1ncn([C@@H]2CCCNC2)n1)[C@@H]1CCCO1. The summed E-state index contributed by atoms with van der Waals surface area (Å²) in [4.78, 5) is 16.3. The molecule has 2 saturated heterocycles. The van der Waals surface area contributed by atoms with Crippen molar-refractivity contribution in [3.63, 3.8) is 0 Å². The molecule has 0 bridgehead atoms. The van der Waals surface area contributed by atoms with E-state index in [4.69, 9.17) is 4.74 Å². The van der Waals surface area contributed by atoms with Gasteiger partial charge in [-0.15, -0.1) is 5.10 Å². The van der Waals surface area contributed by atoms with E-state index in [2.05, 4.69) is 20.7 Å². The van der Waals surface area contributed by atoms with E-state index in [-0.39, 0.29) is 23.9 Å². The summed E-state index contributed by atoms with van der Waals surface area (Å²) < 4.78 is 7.39. The van der Waals surface area contributed by atoms with Crippen LogP contribution in [0.3, 0.4) is 0 Å². The number of ether oxygens (including phenoxy) is 1. The average Bonchev–Trinajstić information content (AvgIpc) is 3.20. The van der Waals surface area contributed by atoms with Gasteiger partial charge in [0.05, 0.1) is 18.2 Å². The second-order valence-corrected chi connectivity index (χ2v) is 5.86. The van der Waals surface area contributed by atoms with Crippen molar-refractivity contribution in [2.24, 2.45) is 0 Å². The van der Waals surface area contributed by atoms with Crippen molar-refractivity contribution in [2.45, 2.75) is 50.8 Å². The maximum Gasteiger partial charge on any atom is 0.291 e. The molecule has 0 saturated carbocycles. The first-order valence-corrected chi connectivity index (χ1v) is 7.78. The quantitative estimate of drug-likeness (QED) is 0.845. The minimum Gasteiger partial charge on any atom is -0.376 e. The summed E-state index contributed by atoms with van der Waals surface area (Å²) in [6.07, 6.45) is 6.03. The lowest BCUT2D eigenvalue weighted by molar-refractivity contribution is 0.0706. The van der Waals surface area contributed by atoms with Crippen molar-refractivity contribution in [2.75, 3.05) is 19.7 Å². The number of carbonyl (C=O) groups excluding carboxylic acids is 1. The van der Waals surface area contributed by atoms with Gasteiger partial charge in [0.15, 0.2) is 0 Å². The Morgan fingerprint density at radius 2 is 2.43 bits per heavy atom. The van der Waals surface area contributed by atoms with E-state index in [1.807, 2.05) is 6.92 Å². The predicted molar refractivity (Wildman–Crippen MR) is 77.1 cm³/mol. The van der Waals surface area contributed by atoms with Crippen molar-refractivity contribution in [3.05, 3.63) is 12.2 Å². The highest BCUT2D eigenvalue weighted by Gasteiger charge is 2.25. The maximum absolute atomic E-state index is 12.2. The second-order valence-electron chi connectivity index (χ2n) is 5.86. The van der Waals surface area contributed by atoms with Crippen LogP contribution >= 0.6 is 0 Å². The topological polar surface area (TPSA) is 81.1 Å². The summed E-state index contributed by atoms with van der Waals surface area (Å²) in [5, 5.41) is 10.6. The van der Waals surface area contributed by atoms with Crippen LogP contribution in [-0.4, -0.2) is 52.5 Å². The van der Waals surface area contributed by atoms with Gasteiger partial charge >= 0.3 is 0 Å². The number of carbonyl (C=O) groups is 1. The highest BCUT2D eigenvalue weighted by molar-refractivity contribution is 5.90. The second kappa shape index (κ2) is 6.53. The van der Waals surface area contributed by atoms with Crippen molar-refractivity contribution < 1.29 is 9.53 Å². The van der Waals surface area contributed by atoms with Crippen molar-refractivity contribution in [1.29, 1.82) is 0 Å². The Balaban J connectivity index is 1.58. The van der Waals surface area contributed by atoms with Gasteiger partial charge in [0.25, 0.3) is 5.91 Å². The lowest BCUT2D eigenvalue weighted by Crippen LogP contribution is -2.41. The number of rotatable bonds is 4. The monoisotopic (exact) mass is 293 g/mol. The fraction of sp³-hybridized carbons (Fsp3) is 0.786. The summed E-state index contributed by atoms with van der Waals surface area (Å²) in [7, 11) is 0. The average molecular weight is 293 g/mol. The maximum atomic E-state index is 12.2. The van der Waals surface area contributed by atoms with Crippen LogP contribution in [0.5, 0.6) is 0 Å². The van der Waals surface area contributed by atoms with Crippen LogP contribution in [0.15, 0.2) is 6.33 Å². The number of hydrogen-bond acceptors (Lipinski definition) is 5. The molecule has 0 aromatic carbocycles. The minimum absolute atomic E-state index is 0.0108. The molecule has 2 aliphatic heterocycles. The van der Waals surface area contributed by atoms with Gasteiger partial charge in [0, 0.05) is 13.2 Å². The standard InChI is InChI=1S/C14H23N5O2/c1-10(12-5-3-7-21-12)17-14(20)13-16-9-19(18-13)11-4-2-6-15-8-11/h9-12,15H,2-8H2,1H3,(H,17,20)/t10-,11+,12-/m0/s1. The highest BCUT2D eigenvalue weighted by atomic mass is 16.5. The molecule has 2 fully saturated rings. The molecular weight excluding hydrogens is 270 g/mol. The number of nitrogens with zero attached hydrogens (tertiary/aromatic N) is 3. The summed E-state index contributed by atoms with van der Waals surface area (Å²) >= 11 is 0. The van der Waals surface area contributed by atoms with E-state index in [1.54, 1.807) is 11.0 Å². The van der Waals surface area contributed by atoms with E-state index in [1.165, 1.54) is 0 Å². The molecule has 3 atom stereocenters. The normalized spacial score (nSPS) is 27.5. The number of piperidine rings is 1. The molecule has 0 unspecified atom stereocenters. The van der Waals surface area contributed by atoms with E-state index >= 15 is 0 Å².